The molecule has 0 radical (unpaired) electrons. The number of guanidine groups is 1. The second-order valence-corrected chi connectivity index (χ2v) is 7.27. The molecule has 1 heterocycles. The van der Waals surface area contributed by atoms with Crippen LogP contribution in [0, 0.1) is 6.92 Å². The van der Waals surface area contributed by atoms with E-state index in [0.29, 0.717) is 16.9 Å². The lowest BCUT2D eigenvalue weighted by atomic mass is 10.1. The van der Waals surface area contributed by atoms with Gasteiger partial charge in [0.2, 0.25) is 5.96 Å². The number of nitrogens with two attached hydrogens (primary N) is 2. The molecule has 5 N–H and O–H groups in total. The maximum atomic E-state index is 12.4. The van der Waals surface area contributed by atoms with Crippen molar-refractivity contribution in [1.82, 2.24) is 15.1 Å². The summed E-state index contributed by atoms with van der Waals surface area (Å²) in [7, 11) is 2.15. The van der Waals surface area contributed by atoms with Gasteiger partial charge in [-0.1, -0.05) is 18.2 Å². The zero-order valence-electron chi connectivity index (χ0n) is 16.5. The number of carbonyl (C=O) groups is 1. The Kier molecular flexibility index (Phi) is 6.28. The van der Waals surface area contributed by atoms with Gasteiger partial charge in [-0.25, -0.2) is 4.99 Å². The van der Waals surface area contributed by atoms with Gasteiger partial charge in [-0.05, 0) is 49.4 Å². The van der Waals surface area contributed by atoms with Crippen LogP contribution in [0.25, 0.3) is 0 Å². The van der Waals surface area contributed by atoms with Gasteiger partial charge in [-0.15, -0.1) is 0 Å². The maximum absolute atomic E-state index is 12.4. The summed E-state index contributed by atoms with van der Waals surface area (Å²) in [5, 5.41) is 2.63. The average molecular weight is 380 g/mol. The number of amides is 1. The van der Waals surface area contributed by atoms with Gasteiger partial charge in [0.15, 0.2) is 0 Å². The number of hydrogen-bond acceptors (Lipinski definition) is 5. The van der Waals surface area contributed by atoms with E-state index in [2.05, 4.69) is 27.2 Å². The van der Waals surface area contributed by atoms with Crippen molar-refractivity contribution >= 4 is 23.2 Å². The number of aliphatic imine (C=N–C) groups is 1. The third-order valence-corrected chi connectivity index (χ3v) is 4.93. The third-order valence-electron chi connectivity index (χ3n) is 4.93. The Hall–Kier alpha value is -2.90. The Morgan fingerprint density at radius 1 is 1.11 bits per heavy atom. The van der Waals surface area contributed by atoms with Gasteiger partial charge in [0, 0.05) is 44.0 Å². The van der Waals surface area contributed by atoms with Crippen molar-refractivity contribution in [2.75, 3.05) is 39.0 Å². The van der Waals surface area contributed by atoms with Crippen LogP contribution >= 0.6 is 0 Å². The van der Waals surface area contributed by atoms with Crippen molar-refractivity contribution in [3.8, 4) is 0 Å². The molecule has 1 aliphatic heterocycles. The Morgan fingerprint density at radius 3 is 2.46 bits per heavy atom. The molecule has 0 saturated carbocycles. The minimum atomic E-state index is -0.283. The molecular formula is C21H28N6O. The molecule has 28 heavy (non-hydrogen) atoms. The molecule has 1 aliphatic rings. The summed E-state index contributed by atoms with van der Waals surface area (Å²) in [6.45, 7) is 7.11. The standard InChI is InChI=1S/C21H28N6O/c1-15-3-8-18(22)13-19(15)24-21(23)25-20(28)17-6-4-16(5-7-17)14-27-11-9-26(2)10-12-27/h3-8,13H,9-12,14,22H2,1-2H3,(H3,23,24,25,28). The number of rotatable bonds is 4. The number of benzene rings is 2. The van der Waals surface area contributed by atoms with Gasteiger partial charge >= 0.3 is 0 Å². The van der Waals surface area contributed by atoms with E-state index in [9.17, 15) is 4.79 Å². The van der Waals surface area contributed by atoms with Crippen molar-refractivity contribution in [2.45, 2.75) is 13.5 Å². The highest BCUT2D eigenvalue weighted by Crippen LogP contribution is 2.21. The van der Waals surface area contributed by atoms with E-state index in [1.807, 2.05) is 37.3 Å². The fourth-order valence-electron chi connectivity index (χ4n) is 3.12. The molecule has 2 aromatic rings. The maximum Gasteiger partial charge on any atom is 0.257 e. The molecule has 0 bridgehead atoms. The van der Waals surface area contributed by atoms with Crippen LogP contribution in [-0.4, -0.2) is 54.9 Å². The summed E-state index contributed by atoms with van der Waals surface area (Å²) in [5.74, 6) is -0.242. The van der Waals surface area contributed by atoms with E-state index in [1.165, 1.54) is 5.56 Å². The van der Waals surface area contributed by atoms with Crippen LogP contribution in [0.2, 0.25) is 0 Å². The molecule has 2 aromatic carbocycles. The summed E-state index contributed by atoms with van der Waals surface area (Å²) >= 11 is 0. The first-order chi connectivity index (χ1) is 13.4. The summed E-state index contributed by atoms with van der Waals surface area (Å²) in [4.78, 5) is 21.4. The summed E-state index contributed by atoms with van der Waals surface area (Å²) in [5.41, 5.74) is 15.6. The number of piperazine rings is 1. The molecule has 0 atom stereocenters. The summed E-state index contributed by atoms with van der Waals surface area (Å²) in [6.07, 6.45) is 0. The van der Waals surface area contributed by atoms with E-state index in [0.717, 1.165) is 38.3 Å². The number of anilines is 1. The smallest absolute Gasteiger partial charge is 0.257 e. The first kappa shape index (κ1) is 19.9. The zero-order valence-corrected chi connectivity index (χ0v) is 16.5. The highest BCUT2D eigenvalue weighted by atomic mass is 16.1. The van der Waals surface area contributed by atoms with E-state index in [4.69, 9.17) is 11.5 Å². The normalized spacial score (nSPS) is 16.1. The van der Waals surface area contributed by atoms with E-state index in [-0.39, 0.29) is 11.9 Å². The Balaban J connectivity index is 1.59. The summed E-state index contributed by atoms with van der Waals surface area (Å²) in [6, 6.07) is 13.0. The van der Waals surface area contributed by atoms with Crippen LogP contribution in [0.15, 0.2) is 47.5 Å². The highest BCUT2D eigenvalue weighted by molar-refractivity contribution is 6.05. The molecule has 1 saturated heterocycles. The van der Waals surface area contributed by atoms with E-state index >= 15 is 0 Å². The molecule has 0 aromatic heterocycles. The minimum Gasteiger partial charge on any atom is -0.399 e. The van der Waals surface area contributed by atoms with Crippen molar-refractivity contribution in [2.24, 2.45) is 10.7 Å². The van der Waals surface area contributed by atoms with Crippen molar-refractivity contribution in [3.63, 3.8) is 0 Å². The summed E-state index contributed by atoms with van der Waals surface area (Å²) < 4.78 is 0. The molecule has 148 valence electrons. The highest BCUT2D eigenvalue weighted by Gasteiger charge is 2.14. The second kappa shape index (κ2) is 8.86. The molecule has 0 aliphatic carbocycles. The quantitative estimate of drug-likeness (QED) is 0.426. The largest absolute Gasteiger partial charge is 0.399 e. The zero-order chi connectivity index (χ0) is 20.1. The van der Waals surface area contributed by atoms with Crippen LogP contribution in [0.1, 0.15) is 21.5 Å². The lowest BCUT2D eigenvalue weighted by molar-refractivity contribution is 0.0976. The molecule has 0 unspecified atom stereocenters. The monoisotopic (exact) mass is 380 g/mol. The number of nitrogens with one attached hydrogen (secondary N) is 1. The molecule has 7 nitrogen and oxygen atoms in total. The van der Waals surface area contributed by atoms with Crippen molar-refractivity contribution in [3.05, 3.63) is 59.2 Å². The van der Waals surface area contributed by atoms with Crippen molar-refractivity contribution < 1.29 is 4.79 Å². The first-order valence-corrected chi connectivity index (χ1v) is 9.42. The van der Waals surface area contributed by atoms with E-state index in [1.54, 1.807) is 12.1 Å². The van der Waals surface area contributed by atoms with Gasteiger partial charge in [-0.3, -0.25) is 15.0 Å². The van der Waals surface area contributed by atoms with Gasteiger partial charge in [0.05, 0.1) is 5.69 Å². The molecule has 3 rings (SSSR count). The molecule has 1 fully saturated rings. The van der Waals surface area contributed by atoms with Crippen LogP contribution in [0.3, 0.4) is 0 Å². The number of hydrogen-bond donors (Lipinski definition) is 3. The van der Waals surface area contributed by atoms with Crippen LogP contribution in [0.4, 0.5) is 11.4 Å². The lowest BCUT2D eigenvalue weighted by Crippen LogP contribution is -2.43. The minimum absolute atomic E-state index is 0.0419. The number of likely N-dealkylation sites (N-methyl/N-ethyl adjacent to an activating group) is 1. The fourth-order valence-corrected chi connectivity index (χ4v) is 3.12. The molecular weight excluding hydrogens is 352 g/mol. The number of carbonyl (C=O) groups excluding carboxylic acids is 1. The lowest BCUT2D eigenvalue weighted by Gasteiger charge is -2.32. The van der Waals surface area contributed by atoms with Gasteiger partial charge in [-0.2, -0.15) is 0 Å². The second-order valence-electron chi connectivity index (χ2n) is 7.27. The Morgan fingerprint density at radius 2 is 1.79 bits per heavy atom. The Labute approximate surface area is 166 Å². The van der Waals surface area contributed by atoms with Gasteiger partial charge in [0.25, 0.3) is 5.91 Å². The SMILES string of the molecule is Cc1ccc(N)cc1N=C(N)NC(=O)c1ccc(CN2CCN(C)CC2)cc1. The van der Waals surface area contributed by atoms with Gasteiger partial charge < -0.3 is 16.4 Å². The number of nitrogen functional groups attached to an aromatic ring is 1. The Bertz CT molecular complexity index is 854. The first-order valence-electron chi connectivity index (χ1n) is 9.42. The number of nitrogens with zero attached hydrogens (tertiary/aromatic N) is 3. The van der Waals surface area contributed by atoms with Crippen LogP contribution < -0.4 is 16.8 Å². The topological polar surface area (TPSA) is 100.0 Å². The predicted molar refractivity (Wildman–Crippen MR) is 114 cm³/mol. The average Bonchev–Trinajstić information content (AvgIpc) is 2.67. The fraction of sp³-hybridized carbons (Fsp3) is 0.333. The van der Waals surface area contributed by atoms with Crippen molar-refractivity contribution in [1.29, 1.82) is 0 Å². The van der Waals surface area contributed by atoms with Gasteiger partial charge in [0.1, 0.15) is 0 Å². The molecule has 1 amide bonds. The molecule has 0 spiro atoms. The molecule has 7 heteroatoms. The van der Waals surface area contributed by atoms with Crippen LogP contribution in [-0.2, 0) is 6.54 Å². The third kappa shape index (κ3) is 5.31. The predicted octanol–water partition coefficient (Wildman–Crippen LogP) is 1.70. The van der Waals surface area contributed by atoms with E-state index < -0.39 is 0 Å². The van der Waals surface area contributed by atoms with Crippen LogP contribution in [0.5, 0.6) is 0 Å². The number of aryl methyl sites for hydroxylation is 1.